The zero-order valence-corrected chi connectivity index (χ0v) is 10.4. The van der Waals surface area contributed by atoms with Crippen molar-refractivity contribution in [1.29, 1.82) is 0 Å². The van der Waals surface area contributed by atoms with E-state index in [1.165, 1.54) is 11.3 Å². The Labute approximate surface area is 98.0 Å². The SMILES string of the molecule is CC(C)(C)c1ccc(NC2CCOC2)cc1. The van der Waals surface area contributed by atoms with Gasteiger partial charge in [0.1, 0.15) is 0 Å². The molecule has 1 atom stereocenters. The fourth-order valence-electron chi connectivity index (χ4n) is 1.95. The second kappa shape index (κ2) is 4.46. The van der Waals surface area contributed by atoms with Crippen LogP contribution in [0.4, 0.5) is 5.69 Å². The third-order valence-corrected chi connectivity index (χ3v) is 3.05. The molecule has 2 rings (SSSR count). The monoisotopic (exact) mass is 219 g/mol. The highest BCUT2D eigenvalue weighted by Crippen LogP contribution is 2.24. The Morgan fingerprint density at radius 1 is 1.19 bits per heavy atom. The van der Waals surface area contributed by atoms with Crippen LogP contribution >= 0.6 is 0 Å². The smallest absolute Gasteiger partial charge is 0.0668 e. The topological polar surface area (TPSA) is 21.3 Å². The van der Waals surface area contributed by atoms with Crippen molar-refractivity contribution in [3.63, 3.8) is 0 Å². The number of nitrogens with one attached hydrogen (secondary N) is 1. The molecule has 0 bridgehead atoms. The fraction of sp³-hybridized carbons (Fsp3) is 0.571. The molecule has 1 saturated heterocycles. The standard InChI is InChI=1S/C14H21NO/c1-14(2,3)11-4-6-12(7-5-11)15-13-8-9-16-10-13/h4-7,13,15H,8-10H2,1-3H3. The van der Waals surface area contributed by atoms with E-state index in [0.717, 1.165) is 19.6 Å². The van der Waals surface area contributed by atoms with Crippen LogP contribution in [-0.2, 0) is 10.2 Å². The highest BCUT2D eigenvalue weighted by molar-refractivity contribution is 5.46. The molecule has 2 nitrogen and oxygen atoms in total. The first-order chi connectivity index (χ1) is 7.55. The van der Waals surface area contributed by atoms with Gasteiger partial charge in [0.2, 0.25) is 0 Å². The minimum absolute atomic E-state index is 0.231. The maximum absolute atomic E-state index is 5.34. The molecule has 0 radical (unpaired) electrons. The van der Waals surface area contributed by atoms with Gasteiger partial charge in [0, 0.05) is 12.3 Å². The molecule has 0 aromatic heterocycles. The third kappa shape index (κ3) is 2.76. The maximum atomic E-state index is 5.34. The van der Waals surface area contributed by atoms with Gasteiger partial charge in [0.15, 0.2) is 0 Å². The van der Waals surface area contributed by atoms with Crippen LogP contribution in [-0.4, -0.2) is 19.3 Å². The van der Waals surface area contributed by atoms with Crippen molar-refractivity contribution in [2.24, 2.45) is 0 Å². The van der Waals surface area contributed by atoms with Gasteiger partial charge in [-0.25, -0.2) is 0 Å². The highest BCUT2D eigenvalue weighted by atomic mass is 16.5. The van der Waals surface area contributed by atoms with Crippen LogP contribution in [0.15, 0.2) is 24.3 Å². The first kappa shape index (κ1) is 11.5. The average Bonchev–Trinajstić information content (AvgIpc) is 2.70. The van der Waals surface area contributed by atoms with E-state index in [9.17, 15) is 0 Å². The van der Waals surface area contributed by atoms with E-state index in [2.05, 4.69) is 50.4 Å². The van der Waals surface area contributed by atoms with Gasteiger partial charge >= 0.3 is 0 Å². The molecule has 1 aliphatic heterocycles. The van der Waals surface area contributed by atoms with Crippen molar-refractivity contribution in [3.8, 4) is 0 Å². The molecule has 0 spiro atoms. The lowest BCUT2D eigenvalue weighted by molar-refractivity contribution is 0.195. The maximum Gasteiger partial charge on any atom is 0.0668 e. The van der Waals surface area contributed by atoms with Crippen LogP contribution in [0.1, 0.15) is 32.8 Å². The van der Waals surface area contributed by atoms with Crippen LogP contribution < -0.4 is 5.32 Å². The molecule has 1 fully saturated rings. The largest absolute Gasteiger partial charge is 0.380 e. The second-order valence-corrected chi connectivity index (χ2v) is 5.53. The average molecular weight is 219 g/mol. The van der Waals surface area contributed by atoms with E-state index < -0.39 is 0 Å². The zero-order chi connectivity index (χ0) is 11.6. The van der Waals surface area contributed by atoms with Crippen LogP contribution in [0.3, 0.4) is 0 Å². The van der Waals surface area contributed by atoms with E-state index >= 15 is 0 Å². The van der Waals surface area contributed by atoms with Crippen molar-refractivity contribution in [1.82, 2.24) is 0 Å². The zero-order valence-electron chi connectivity index (χ0n) is 10.4. The van der Waals surface area contributed by atoms with Crippen LogP contribution in [0.2, 0.25) is 0 Å². The van der Waals surface area contributed by atoms with Crippen molar-refractivity contribution in [2.75, 3.05) is 18.5 Å². The van der Waals surface area contributed by atoms with Crippen molar-refractivity contribution in [3.05, 3.63) is 29.8 Å². The van der Waals surface area contributed by atoms with Gasteiger partial charge in [-0.3, -0.25) is 0 Å². The summed E-state index contributed by atoms with van der Waals surface area (Å²) >= 11 is 0. The molecule has 1 aromatic rings. The molecular formula is C14H21NO. The van der Waals surface area contributed by atoms with Gasteiger partial charge in [0.25, 0.3) is 0 Å². The normalized spacial score (nSPS) is 21.1. The van der Waals surface area contributed by atoms with E-state index in [1.807, 2.05) is 0 Å². The number of hydrogen-bond donors (Lipinski definition) is 1. The minimum Gasteiger partial charge on any atom is -0.380 e. The molecule has 1 heterocycles. The van der Waals surface area contributed by atoms with E-state index in [-0.39, 0.29) is 5.41 Å². The van der Waals surface area contributed by atoms with Crippen LogP contribution in [0.5, 0.6) is 0 Å². The summed E-state index contributed by atoms with van der Waals surface area (Å²) in [5.74, 6) is 0. The summed E-state index contributed by atoms with van der Waals surface area (Å²) in [4.78, 5) is 0. The molecule has 1 aromatic carbocycles. The molecule has 2 heteroatoms. The van der Waals surface area contributed by atoms with E-state index in [4.69, 9.17) is 4.74 Å². The molecule has 88 valence electrons. The van der Waals surface area contributed by atoms with Gasteiger partial charge in [0.05, 0.1) is 12.6 Å². The van der Waals surface area contributed by atoms with Gasteiger partial charge in [-0.05, 0) is 29.5 Å². The fourth-order valence-corrected chi connectivity index (χ4v) is 1.95. The Hall–Kier alpha value is -1.02. The van der Waals surface area contributed by atoms with E-state index in [0.29, 0.717) is 6.04 Å². The molecule has 1 N–H and O–H groups in total. The predicted octanol–water partition coefficient (Wildman–Crippen LogP) is 3.18. The van der Waals surface area contributed by atoms with Gasteiger partial charge in [-0.15, -0.1) is 0 Å². The lowest BCUT2D eigenvalue weighted by atomic mass is 9.87. The number of benzene rings is 1. The summed E-state index contributed by atoms with van der Waals surface area (Å²) in [5, 5.41) is 3.49. The summed E-state index contributed by atoms with van der Waals surface area (Å²) in [6.45, 7) is 8.43. The molecule has 0 amide bonds. The summed E-state index contributed by atoms with van der Waals surface area (Å²) in [6.07, 6.45) is 1.11. The Morgan fingerprint density at radius 3 is 2.38 bits per heavy atom. The summed E-state index contributed by atoms with van der Waals surface area (Å²) in [5.41, 5.74) is 2.80. The lowest BCUT2D eigenvalue weighted by Gasteiger charge is -2.20. The highest BCUT2D eigenvalue weighted by Gasteiger charge is 2.16. The summed E-state index contributed by atoms with van der Waals surface area (Å²) in [7, 11) is 0. The van der Waals surface area contributed by atoms with Crippen LogP contribution in [0, 0.1) is 0 Å². The van der Waals surface area contributed by atoms with Crippen molar-refractivity contribution >= 4 is 5.69 Å². The molecule has 0 saturated carbocycles. The minimum atomic E-state index is 0.231. The van der Waals surface area contributed by atoms with Gasteiger partial charge in [-0.1, -0.05) is 32.9 Å². The molecular weight excluding hydrogens is 198 g/mol. The number of rotatable bonds is 2. The Kier molecular flexibility index (Phi) is 3.20. The van der Waals surface area contributed by atoms with Gasteiger partial charge < -0.3 is 10.1 Å². The molecule has 1 aliphatic rings. The van der Waals surface area contributed by atoms with Gasteiger partial charge in [-0.2, -0.15) is 0 Å². The first-order valence-electron chi connectivity index (χ1n) is 6.00. The summed E-state index contributed by atoms with van der Waals surface area (Å²) < 4.78 is 5.34. The Bertz CT molecular complexity index is 331. The number of ether oxygens (including phenoxy) is 1. The Morgan fingerprint density at radius 2 is 1.88 bits per heavy atom. The summed E-state index contributed by atoms with van der Waals surface area (Å²) in [6, 6.07) is 9.23. The van der Waals surface area contributed by atoms with Crippen molar-refractivity contribution in [2.45, 2.75) is 38.6 Å². The lowest BCUT2D eigenvalue weighted by Crippen LogP contribution is -2.19. The quantitative estimate of drug-likeness (QED) is 0.825. The molecule has 0 aliphatic carbocycles. The number of hydrogen-bond acceptors (Lipinski definition) is 2. The Balaban J connectivity index is 2.01. The predicted molar refractivity (Wildman–Crippen MR) is 68.0 cm³/mol. The van der Waals surface area contributed by atoms with Crippen molar-refractivity contribution < 1.29 is 4.74 Å². The second-order valence-electron chi connectivity index (χ2n) is 5.53. The van der Waals surface area contributed by atoms with Crippen LogP contribution in [0.25, 0.3) is 0 Å². The molecule has 1 unspecified atom stereocenters. The number of anilines is 1. The third-order valence-electron chi connectivity index (χ3n) is 3.05. The van der Waals surface area contributed by atoms with E-state index in [1.54, 1.807) is 0 Å². The first-order valence-corrected chi connectivity index (χ1v) is 6.00. The molecule has 16 heavy (non-hydrogen) atoms.